The van der Waals surface area contributed by atoms with E-state index >= 15 is 0 Å². The predicted molar refractivity (Wildman–Crippen MR) is 93.0 cm³/mol. The summed E-state index contributed by atoms with van der Waals surface area (Å²) in [6.45, 7) is 2.94. The van der Waals surface area contributed by atoms with E-state index < -0.39 is 0 Å². The van der Waals surface area contributed by atoms with Gasteiger partial charge in [0.1, 0.15) is 0 Å². The Balaban J connectivity index is 1.87. The van der Waals surface area contributed by atoms with E-state index in [1.165, 1.54) is 11.3 Å². The van der Waals surface area contributed by atoms with Crippen molar-refractivity contribution in [1.82, 2.24) is 4.57 Å². The first kappa shape index (κ1) is 15.2. The zero-order valence-electron chi connectivity index (χ0n) is 12.8. The van der Waals surface area contributed by atoms with E-state index in [2.05, 4.69) is 4.99 Å². The Morgan fingerprint density at radius 2 is 2.04 bits per heavy atom. The van der Waals surface area contributed by atoms with Crippen molar-refractivity contribution in [1.29, 1.82) is 0 Å². The zero-order valence-corrected chi connectivity index (χ0v) is 14.4. The molecule has 1 amide bonds. The van der Waals surface area contributed by atoms with Gasteiger partial charge in [-0.15, -0.1) is 0 Å². The normalized spacial score (nSPS) is 13.7. The number of hydrogen-bond donors (Lipinski definition) is 0. The number of ether oxygens (including phenoxy) is 2. The summed E-state index contributed by atoms with van der Waals surface area (Å²) in [5.74, 6) is 1.08. The molecular formula is C17H13ClN2O3S. The molecular weight excluding hydrogens is 348 g/mol. The van der Waals surface area contributed by atoms with Gasteiger partial charge in [0.2, 0.25) is 6.79 Å². The Hall–Kier alpha value is -2.31. The highest BCUT2D eigenvalue weighted by Gasteiger charge is 2.18. The monoisotopic (exact) mass is 360 g/mol. The van der Waals surface area contributed by atoms with Crippen LogP contribution in [0.1, 0.15) is 17.3 Å². The van der Waals surface area contributed by atoms with Crippen molar-refractivity contribution in [2.45, 2.75) is 13.5 Å². The van der Waals surface area contributed by atoms with Gasteiger partial charge in [-0.2, -0.15) is 4.99 Å². The van der Waals surface area contributed by atoms with Crippen molar-refractivity contribution in [3.63, 3.8) is 0 Å². The topological polar surface area (TPSA) is 52.8 Å². The van der Waals surface area contributed by atoms with Crippen LogP contribution in [0.15, 0.2) is 41.4 Å². The third-order valence-corrected chi connectivity index (χ3v) is 5.17. The molecule has 0 N–H and O–H groups in total. The maximum atomic E-state index is 12.5. The van der Waals surface area contributed by atoms with Crippen molar-refractivity contribution in [2.75, 3.05) is 6.79 Å². The van der Waals surface area contributed by atoms with Crippen LogP contribution in [0.5, 0.6) is 11.5 Å². The van der Waals surface area contributed by atoms with Crippen LogP contribution in [-0.2, 0) is 6.54 Å². The molecule has 0 unspecified atom stereocenters. The lowest BCUT2D eigenvalue weighted by atomic mass is 10.2. The summed E-state index contributed by atoms with van der Waals surface area (Å²) in [5, 5.41) is 0.399. The Labute approximate surface area is 146 Å². The lowest BCUT2D eigenvalue weighted by molar-refractivity contribution is 0.0998. The Morgan fingerprint density at radius 1 is 1.29 bits per heavy atom. The smallest absolute Gasteiger partial charge is 0.281 e. The lowest BCUT2D eigenvalue weighted by Crippen LogP contribution is -2.16. The summed E-state index contributed by atoms with van der Waals surface area (Å²) >= 11 is 7.53. The number of aromatic nitrogens is 1. The molecule has 1 aliphatic heterocycles. The molecule has 1 aromatic heterocycles. The molecule has 0 atom stereocenters. The molecule has 2 aromatic carbocycles. The third kappa shape index (κ3) is 2.48. The number of rotatable bonds is 2. The van der Waals surface area contributed by atoms with Crippen LogP contribution in [0.25, 0.3) is 10.2 Å². The van der Waals surface area contributed by atoms with Crippen molar-refractivity contribution in [3.8, 4) is 11.5 Å². The highest BCUT2D eigenvalue weighted by molar-refractivity contribution is 7.16. The fraction of sp³-hybridized carbons (Fsp3) is 0.176. The second-order valence-electron chi connectivity index (χ2n) is 5.20. The van der Waals surface area contributed by atoms with Gasteiger partial charge in [0.25, 0.3) is 5.91 Å². The van der Waals surface area contributed by atoms with Gasteiger partial charge in [-0.25, -0.2) is 0 Å². The van der Waals surface area contributed by atoms with Gasteiger partial charge in [-0.1, -0.05) is 35.1 Å². The molecule has 0 saturated heterocycles. The molecule has 24 heavy (non-hydrogen) atoms. The number of carbonyl (C=O) groups excluding carboxylic acids is 1. The van der Waals surface area contributed by atoms with E-state index in [9.17, 15) is 4.79 Å². The maximum Gasteiger partial charge on any atom is 0.281 e. The molecule has 0 aliphatic carbocycles. The number of fused-ring (bicyclic) bond motifs is 2. The van der Waals surface area contributed by atoms with Crippen LogP contribution in [0.4, 0.5) is 0 Å². The minimum Gasteiger partial charge on any atom is -0.454 e. The summed E-state index contributed by atoms with van der Waals surface area (Å²) in [7, 11) is 0. The number of nitrogens with zero attached hydrogens (tertiary/aromatic N) is 2. The van der Waals surface area contributed by atoms with E-state index in [-0.39, 0.29) is 12.7 Å². The van der Waals surface area contributed by atoms with Crippen molar-refractivity contribution < 1.29 is 14.3 Å². The van der Waals surface area contributed by atoms with Crippen LogP contribution < -0.4 is 14.3 Å². The highest BCUT2D eigenvalue weighted by Crippen LogP contribution is 2.36. The van der Waals surface area contributed by atoms with E-state index in [0.717, 1.165) is 16.0 Å². The molecule has 4 rings (SSSR count). The predicted octanol–water partition coefficient (Wildman–Crippen LogP) is 3.85. The zero-order chi connectivity index (χ0) is 16.7. The van der Waals surface area contributed by atoms with Gasteiger partial charge in [0.15, 0.2) is 16.3 Å². The first-order valence-electron chi connectivity index (χ1n) is 7.44. The molecule has 3 aromatic rings. The Kier molecular flexibility index (Phi) is 3.78. The largest absolute Gasteiger partial charge is 0.454 e. The first-order chi connectivity index (χ1) is 11.7. The fourth-order valence-corrected chi connectivity index (χ4v) is 3.95. The van der Waals surface area contributed by atoms with Crippen LogP contribution in [-0.4, -0.2) is 17.3 Å². The lowest BCUT2D eigenvalue weighted by Gasteiger charge is -2.02. The standard InChI is InChI=1S/C17H13ClN2O3S/c1-2-20-12-7-13-14(23-9-22-13)8-15(12)24-17(20)19-16(21)10-5-3-4-6-11(10)18/h3-8H,2,9H2,1H3. The van der Waals surface area contributed by atoms with Gasteiger partial charge in [0.05, 0.1) is 20.8 Å². The number of benzene rings is 2. The number of carbonyl (C=O) groups is 1. The number of hydrogen-bond acceptors (Lipinski definition) is 4. The van der Waals surface area contributed by atoms with Crippen molar-refractivity contribution >= 4 is 39.1 Å². The molecule has 0 bridgehead atoms. The van der Waals surface area contributed by atoms with Gasteiger partial charge >= 0.3 is 0 Å². The van der Waals surface area contributed by atoms with Crippen molar-refractivity contribution in [3.05, 3.63) is 51.8 Å². The molecule has 1 aliphatic rings. The van der Waals surface area contributed by atoms with E-state index in [1.54, 1.807) is 24.3 Å². The maximum absolute atomic E-state index is 12.5. The fourth-order valence-electron chi connectivity index (χ4n) is 2.63. The molecule has 2 heterocycles. The molecule has 0 radical (unpaired) electrons. The third-order valence-electron chi connectivity index (χ3n) is 3.79. The molecule has 122 valence electrons. The summed E-state index contributed by atoms with van der Waals surface area (Å²) in [5.41, 5.74) is 1.37. The average Bonchev–Trinajstić information content (AvgIpc) is 3.15. The van der Waals surface area contributed by atoms with Crippen LogP contribution in [0.2, 0.25) is 5.02 Å². The SMILES string of the molecule is CCn1c(=NC(=O)c2ccccc2Cl)sc2cc3c(cc21)OCO3. The molecule has 0 fully saturated rings. The van der Waals surface area contributed by atoms with Gasteiger partial charge < -0.3 is 14.0 Å². The molecule has 0 spiro atoms. The number of thiazole rings is 1. The second-order valence-corrected chi connectivity index (χ2v) is 6.62. The van der Waals surface area contributed by atoms with E-state index in [0.29, 0.717) is 27.7 Å². The van der Waals surface area contributed by atoms with Gasteiger partial charge in [-0.3, -0.25) is 4.79 Å². The average molecular weight is 361 g/mol. The van der Waals surface area contributed by atoms with E-state index in [4.69, 9.17) is 21.1 Å². The molecule has 7 heteroatoms. The second kappa shape index (κ2) is 5.96. The van der Waals surface area contributed by atoms with Crippen LogP contribution in [0, 0.1) is 0 Å². The molecule has 5 nitrogen and oxygen atoms in total. The van der Waals surface area contributed by atoms with Gasteiger partial charge in [0, 0.05) is 18.7 Å². The summed E-state index contributed by atoms with van der Waals surface area (Å²) in [4.78, 5) is 17.4. The number of amides is 1. The van der Waals surface area contributed by atoms with E-state index in [1.807, 2.05) is 23.6 Å². The Bertz CT molecular complexity index is 1020. The van der Waals surface area contributed by atoms with Gasteiger partial charge in [-0.05, 0) is 19.1 Å². The number of aryl methyl sites for hydroxylation is 1. The quantitative estimate of drug-likeness (QED) is 0.697. The number of halogens is 1. The minimum atomic E-state index is -0.352. The summed E-state index contributed by atoms with van der Waals surface area (Å²) < 4.78 is 13.8. The van der Waals surface area contributed by atoms with Crippen LogP contribution >= 0.6 is 22.9 Å². The summed E-state index contributed by atoms with van der Waals surface area (Å²) in [6.07, 6.45) is 0. The minimum absolute atomic E-state index is 0.237. The first-order valence-corrected chi connectivity index (χ1v) is 8.63. The summed E-state index contributed by atoms with van der Waals surface area (Å²) in [6, 6.07) is 10.8. The molecule has 0 saturated carbocycles. The highest BCUT2D eigenvalue weighted by atomic mass is 35.5. The van der Waals surface area contributed by atoms with Crippen LogP contribution in [0.3, 0.4) is 0 Å². The van der Waals surface area contributed by atoms with Crippen molar-refractivity contribution in [2.24, 2.45) is 4.99 Å². The Morgan fingerprint density at radius 3 is 2.79 bits per heavy atom.